The van der Waals surface area contributed by atoms with Gasteiger partial charge in [0.25, 0.3) is 0 Å². The molecule has 1 aromatic heterocycles. The van der Waals surface area contributed by atoms with Crippen LogP contribution >= 0.6 is 11.3 Å². The fourth-order valence-electron chi connectivity index (χ4n) is 2.12. The second kappa shape index (κ2) is 5.42. The number of hydrogen-bond donors (Lipinski definition) is 1. The minimum absolute atomic E-state index is 0.113. The lowest BCUT2D eigenvalue weighted by Gasteiger charge is -2.33. The molecule has 1 aliphatic heterocycles. The largest absolute Gasteiger partial charge is 0.345 e. The molecule has 1 unspecified atom stereocenters. The van der Waals surface area contributed by atoms with Gasteiger partial charge in [-0.05, 0) is 37.6 Å². The molecule has 6 nitrogen and oxygen atoms in total. The van der Waals surface area contributed by atoms with Crippen LogP contribution in [0.2, 0.25) is 0 Å². The van der Waals surface area contributed by atoms with E-state index in [4.69, 9.17) is 0 Å². The van der Waals surface area contributed by atoms with Crippen molar-refractivity contribution in [3.63, 3.8) is 0 Å². The van der Waals surface area contributed by atoms with Gasteiger partial charge in [-0.1, -0.05) is 0 Å². The summed E-state index contributed by atoms with van der Waals surface area (Å²) in [6.45, 7) is 4.88. The third kappa shape index (κ3) is 2.73. The number of nitrogens with one attached hydrogen (secondary N) is 1. The molecule has 7 heteroatoms. The number of nitrogens with zero attached hydrogens (tertiary/aromatic N) is 3. The molecule has 0 spiro atoms. The number of rotatable bonds is 4. The van der Waals surface area contributed by atoms with Gasteiger partial charge in [-0.25, -0.2) is 4.98 Å². The topological polar surface area (TPSA) is 71.3 Å². The van der Waals surface area contributed by atoms with Crippen molar-refractivity contribution >= 4 is 21.5 Å². The molecule has 0 bridgehead atoms. The normalized spacial score (nSPS) is 20.2. The van der Waals surface area contributed by atoms with Crippen molar-refractivity contribution in [3.05, 3.63) is 16.3 Å². The van der Waals surface area contributed by atoms with Gasteiger partial charge in [-0.3, -0.25) is 10.1 Å². The van der Waals surface area contributed by atoms with Crippen molar-refractivity contribution in [2.45, 2.75) is 25.8 Å². The van der Waals surface area contributed by atoms with Crippen LogP contribution in [0.25, 0.3) is 0 Å². The Hall–Kier alpha value is -1.21. The number of aromatic nitrogens is 1. The molecule has 2 heterocycles. The van der Waals surface area contributed by atoms with E-state index in [0.29, 0.717) is 6.04 Å². The summed E-state index contributed by atoms with van der Waals surface area (Å²) in [5, 5.41) is 14.9. The van der Waals surface area contributed by atoms with Gasteiger partial charge in [-0.2, -0.15) is 0 Å². The maximum atomic E-state index is 10.6. The first-order valence-corrected chi connectivity index (χ1v) is 6.61. The first-order valence-electron chi connectivity index (χ1n) is 5.80. The van der Waals surface area contributed by atoms with Gasteiger partial charge in [0.05, 0.1) is 4.92 Å². The van der Waals surface area contributed by atoms with Crippen molar-refractivity contribution in [2.24, 2.45) is 0 Å². The summed E-state index contributed by atoms with van der Waals surface area (Å²) >= 11 is 1.16. The predicted molar refractivity (Wildman–Crippen MR) is 67.7 cm³/mol. The van der Waals surface area contributed by atoms with Crippen molar-refractivity contribution in [2.75, 3.05) is 24.5 Å². The van der Waals surface area contributed by atoms with Crippen LogP contribution in [0.4, 0.5) is 10.1 Å². The summed E-state index contributed by atoms with van der Waals surface area (Å²) in [5.74, 6) is 0. The summed E-state index contributed by atoms with van der Waals surface area (Å²) in [6, 6.07) is 0.402. The van der Waals surface area contributed by atoms with Gasteiger partial charge in [0.1, 0.15) is 6.20 Å². The third-order valence-electron chi connectivity index (χ3n) is 2.96. The summed E-state index contributed by atoms with van der Waals surface area (Å²) in [6.07, 6.45) is 3.61. The zero-order valence-electron chi connectivity index (χ0n) is 9.76. The molecule has 0 amide bonds. The zero-order chi connectivity index (χ0) is 12.3. The van der Waals surface area contributed by atoms with Crippen molar-refractivity contribution in [1.82, 2.24) is 10.3 Å². The van der Waals surface area contributed by atoms with Crippen LogP contribution in [0.15, 0.2) is 6.20 Å². The molecular weight excluding hydrogens is 240 g/mol. The molecule has 1 atom stereocenters. The van der Waals surface area contributed by atoms with E-state index in [9.17, 15) is 10.1 Å². The minimum Gasteiger partial charge on any atom is -0.344 e. The summed E-state index contributed by atoms with van der Waals surface area (Å²) in [7, 11) is 0. The quantitative estimate of drug-likeness (QED) is 0.655. The summed E-state index contributed by atoms with van der Waals surface area (Å²) < 4.78 is 0. The SMILES string of the molecule is CCN(c1ncc([N+](=O)[O-])s1)C1CCCNC1. The van der Waals surface area contributed by atoms with Gasteiger partial charge in [0.2, 0.25) is 0 Å². The Morgan fingerprint density at radius 3 is 3.12 bits per heavy atom. The Kier molecular flexibility index (Phi) is 3.90. The molecule has 1 fully saturated rings. The van der Waals surface area contributed by atoms with Crippen LogP contribution in [0.1, 0.15) is 19.8 Å². The average Bonchev–Trinajstić information content (AvgIpc) is 2.81. The number of hydrogen-bond acceptors (Lipinski definition) is 6. The Balaban J connectivity index is 2.12. The number of thiazole rings is 1. The number of likely N-dealkylation sites (N-methyl/N-ethyl adjacent to an activating group) is 1. The van der Waals surface area contributed by atoms with E-state index in [-0.39, 0.29) is 9.92 Å². The van der Waals surface area contributed by atoms with Crippen LogP contribution in [0.3, 0.4) is 0 Å². The molecule has 0 radical (unpaired) electrons. The van der Waals surface area contributed by atoms with Gasteiger partial charge in [0, 0.05) is 19.1 Å². The summed E-state index contributed by atoms with van der Waals surface area (Å²) in [5.41, 5.74) is 0. The van der Waals surface area contributed by atoms with Crippen LogP contribution in [0, 0.1) is 10.1 Å². The predicted octanol–water partition coefficient (Wildman–Crippen LogP) is 1.63. The van der Waals surface area contributed by atoms with Gasteiger partial charge >= 0.3 is 5.00 Å². The highest BCUT2D eigenvalue weighted by molar-refractivity contribution is 7.18. The molecule has 1 N–H and O–H groups in total. The Labute approximate surface area is 104 Å². The Morgan fingerprint density at radius 1 is 1.76 bits per heavy atom. The second-order valence-electron chi connectivity index (χ2n) is 4.02. The standard InChI is InChI=1S/C10H16N4O2S/c1-2-13(8-4-3-5-11-6-8)10-12-7-9(17-10)14(15)16/h7-8,11H,2-6H2,1H3. The molecule has 17 heavy (non-hydrogen) atoms. The van der Waals surface area contributed by atoms with Crippen molar-refractivity contribution < 1.29 is 4.92 Å². The van der Waals surface area contributed by atoms with E-state index in [0.717, 1.165) is 48.9 Å². The summed E-state index contributed by atoms with van der Waals surface area (Å²) in [4.78, 5) is 16.6. The highest BCUT2D eigenvalue weighted by Gasteiger charge is 2.24. The molecule has 1 aliphatic rings. The maximum Gasteiger partial charge on any atom is 0.345 e. The highest BCUT2D eigenvalue weighted by atomic mass is 32.1. The molecule has 2 rings (SSSR count). The van der Waals surface area contributed by atoms with E-state index in [1.165, 1.54) is 6.20 Å². The molecule has 0 saturated carbocycles. The third-order valence-corrected chi connectivity index (χ3v) is 3.95. The van der Waals surface area contributed by atoms with Crippen LogP contribution < -0.4 is 10.2 Å². The number of piperidine rings is 1. The fraction of sp³-hybridized carbons (Fsp3) is 0.700. The molecule has 0 aliphatic carbocycles. The van der Waals surface area contributed by atoms with Gasteiger partial charge in [0.15, 0.2) is 5.13 Å². The monoisotopic (exact) mass is 256 g/mol. The first kappa shape index (κ1) is 12.3. The number of nitro groups is 1. The molecule has 1 aromatic rings. The fourth-order valence-corrected chi connectivity index (χ4v) is 2.99. The number of anilines is 1. The lowest BCUT2D eigenvalue weighted by molar-refractivity contribution is -0.380. The van der Waals surface area contributed by atoms with Crippen molar-refractivity contribution in [3.8, 4) is 0 Å². The smallest absolute Gasteiger partial charge is 0.344 e. The zero-order valence-corrected chi connectivity index (χ0v) is 10.6. The molecule has 1 saturated heterocycles. The van der Waals surface area contributed by atoms with Crippen molar-refractivity contribution in [1.29, 1.82) is 0 Å². The molecular formula is C10H16N4O2S. The van der Waals surface area contributed by atoms with Crippen LogP contribution in [-0.4, -0.2) is 35.6 Å². The van der Waals surface area contributed by atoms with Crippen LogP contribution in [0.5, 0.6) is 0 Å². The Morgan fingerprint density at radius 2 is 2.59 bits per heavy atom. The highest BCUT2D eigenvalue weighted by Crippen LogP contribution is 2.30. The molecule has 0 aromatic carbocycles. The van der Waals surface area contributed by atoms with E-state index in [2.05, 4.69) is 22.1 Å². The first-order chi connectivity index (χ1) is 8.22. The van der Waals surface area contributed by atoms with Gasteiger partial charge < -0.3 is 10.2 Å². The van der Waals surface area contributed by atoms with E-state index >= 15 is 0 Å². The molecule has 94 valence electrons. The lowest BCUT2D eigenvalue weighted by Crippen LogP contribution is -2.46. The second-order valence-corrected chi connectivity index (χ2v) is 5.01. The Bertz CT molecular complexity index is 389. The van der Waals surface area contributed by atoms with E-state index in [1.807, 2.05) is 0 Å². The minimum atomic E-state index is -0.381. The van der Waals surface area contributed by atoms with Crippen LogP contribution in [-0.2, 0) is 0 Å². The lowest BCUT2D eigenvalue weighted by atomic mass is 10.1. The van der Waals surface area contributed by atoms with E-state index in [1.54, 1.807) is 0 Å². The maximum absolute atomic E-state index is 10.6. The average molecular weight is 256 g/mol. The van der Waals surface area contributed by atoms with E-state index < -0.39 is 0 Å². The van der Waals surface area contributed by atoms with Gasteiger partial charge in [-0.15, -0.1) is 0 Å².